The van der Waals surface area contributed by atoms with E-state index in [9.17, 15) is 13.6 Å². The first kappa shape index (κ1) is 10.7. The molecule has 1 heterocycles. The minimum atomic E-state index is -0.824. The Balaban J connectivity index is 2.38. The lowest BCUT2D eigenvalue weighted by Crippen LogP contribution is -2.20. The van der Waals surface area contributed by atoms with E-state index in [1.165, 1.54) is 6.07 Å². The first-order valence-corrected chi connectivity index (χ1v) is 4.66. The van der Waals surface area contributed by atoms with E-state index in [2.05, 4.69) is 5.10 Å². The van der Waals surface area contributed by atoms with Gasteiger partial charge in [-0.15, -0.1) is 0 Å². The van der Waals surface area contributed by atoms with Crippen molar-refractivity contribution in [1.82, 2.24) is 0 Å². The van der Waals surface area contributed by atoms with Crippen LogP contribution in [-0.2, 0) is 4.79 Å². The van der Waals surface area contributed by atoms with Crippen LogP contribution in [0.4, 0.5) is 14.5 Å². The minimum Gasteiger partial charge on any atom is -0.325 e. The summed E-state index contributed by atoms with van der Waals surface area (Å²) >= 11 is 0. The third kappa shape index (κ3) is 1.79. The Morgan fingerprint density at radius 3 is 2.75 bits per heavy atom. The molecule has 1 aliphatic heterocycles. The van der Waals surface area contributed by atoms with Crippen LogP contribution in [0.2, 0.25) is 0 Å². The predicted molar refractivity (Wildman–Crippen MR) is 55.0 cm³/mol. The molecule has 0 atom stereocenters. The molecule has 0 aliphatic carbocycles. The fourth-order valence-electron chi connectivity index (χ4n) is 1.44. The molecule has 0 radical (unpaired) electrons. The molecule has 0 aromatic heterocycles. The first-order valence-electron chi connectivity index (χ1n) is 4.66. The van der Waals surface area contributed by atoms with Gasteiger partial charge in [0.15, 0.2) is 5.82 Å². The number of anilines is 1. The third-order valence-corrected chi connectivity index (χ3v) is 2.21. The van der Waals surface area contributed by atoms with Gasteiger partial charge in [0.1, 0.15) is 11.5 Å². The topological polar surface area (TPSA) is 58.7 Å². The first-order chi connectivity index (χ1) is 7.61. The Morgan fingerprint density at radius 2 is 2.19 bits per heavy atom. The van der Waals surface area contributed by atoms with E-state index in [1.807, 2.05) is 0 Å². The third-order valence-electron chi connectivity index (χ3n) is 2.21. The maximum absolute atomic E-state index is 13.4. The monoisotopic (exact) mass is 225 g/mol. The number of hydrazone groups is 1. The van der Waals surface area contributed by atoms with Crippen LogP contribution in [0.1, 0.15) is 6.42 Å². The van der Waals surface area contributed by atoms with Gasteiger partial charge in [-0.2, -0.15) is 10.1 Å². The number of carbonyl (C=O) groups is 1. The van der Waals surface area contributed by atoms with Gasteiger partial charge in [0, 0.05) is 12.6 Å². The predicted octanol–water partition coefficient (Wildman–Crippen LogP) is 1.02. The van der Waals surface area contributed by atoms with E-state index in [4.69, 9.17) is 5.73 Å². The number of halogens is 2. The zero-order valence-corrected chi connectivity index (χ0v) is 8.28. The molecule has 0 bridgehead atoms. The van der Waals surface area contributed by atoms with Crippen molar-refractivity contribution in [3.63, 3.8) is 0 Å². The maximum Gasteiger partial charge on any atom is 0.253 e. The highest BCUT2D eigenvalue weighted by Gasteiger charge is 2.26. The quantitative estimate of drug-likeness (QED) is 0.816. The second kappa shape index (κ2) is 3.97. The van der Waals surface area contributed by atoms with Crippen molar-refractivity contribution in [2.24, 2.45) is 10.8 Å². The number of carbonyl (C=O) groups excluding carboxylic acids is 1. The molecular weight excluding hydrogens is 216 g/mol. The molecule has 0 saturated heterocycles. The largest absolute Gasteiger partial charge is 0.325 e. The summed E-state index contributed by atoms with van der Waals surface area (Å²) in [5.41, 5.74) is 5.76. The van der Waals surface area contributed by atoms with Crippen molar-refractivity contribution in [3.8, 4) is 0 Å². The molecule has 1 aliphatic rings. The van der Waals surface area contributed by atoms with Crippen molar-refractivity contribution < 1.29 is 13.6 Å². The highest BCUT2D eigenvalue weighted by atomic mass is 19.1. The summed E-state index contributed by atoms with van der Waals surface area (Å²) in [6, 6.07) is 2.95. The SMILES string of the molecule is NCC1=NN(c2ccc(F)cc2F)C(=O)C1. The second-order valence-electron chi connectivity index (χ2n) is 3.35. The Kier molecular flexibility index (Phi) is 2.66. The maximum atomic E-state index is 13.4. The van der Waals surface area contributed by atoms with E-state index in [-0.39, 0.29) is 24.6 Å². The van der Waals surface area contributed by atoms with Crippen LogP contribution in [-0.4, -0.2) is 18.2 Å². The van der Waals surface area contributed by atoms with Gasteiger partial charge in [-0.3, -0.25) is 4.79 Å². The fourth-order valence-corrected chi connectivity index (χ4v) is 1.44. The molecule has 1 aromatic carbocycles. The Bertz CT molecular complexity index is 473. The Morgan fingerprint density at radius 1 is 1.44 bits per heavy atom. The summed E-state index contributed by atoms with van der Waals surface area (Å²) in [7, 11) is 0. The van der Waals surface area contributed by atoms with E-state index in [1.54, 1.807) is 0 Å². The van der Waals surface area contributed by atoms with Gasteiger partial charge < -0.3 is 5.73 Å². The van der Waals surface area contributed by atoms with Gasteiger partial charge in [-0.1, -0.05) is 0 Å². The Labute approximate surface area is 90.3 Å². The van der Waals surface area contributed by atoms with Crippen LogP contribution in [0.15, 0.2) is 23.3 Å². The summed E-state index contributed by atoms with van der Waals surface area (Å²) < 4.78 is 26.0. The van der Waals surface area contributed by atoms with E-state index in [0.717, 1.165) is 11.1 Å². The van der Waals surface area contributed by atoms with E-state index < -0.39 is 11.6 Å². The van der Waals surface area contributed by atoms with Gasteiger partial charge in [-0.25, -0.2) is 8.78 Å². The van der Waals surface area contributed by atoms with Crippen molar-refractivity contribution in [2.75, 3.05) is 11.6 Å². The van der Waals surface area contributed by atoms with Crippen molar-refractivity contribution in [2.45, 2.75) is 6.42 Å². The van der Waals surface area contributed by atoms with Crippen molar-refractivity contribution >= 4 is 17.3 Å². The van der Waals surface area contributed by atoms with Gasteiger partial charge in [0.25, 0.3) is 5.91 Å². The highest BCUT2D eigenvalue weighted by molar-refractivity contribution is 6.13. The summed E-state index contributed by atoms with van der Waals surface area (Å²) in [4.78, 5) is 11.5. The van der Waals surface area contributed by atoms with Crippen LogP contribution in [0.5, 0.6) is 0 Å². The minimum absolute atomic E-state index is 0.0603. The van der Waals surface area contributed by atoms with Crippen LogP contribution < -0.4 is 10.7 Å². The molecule has 2 rings (SSSR count). The lowest BCUT2D eigenvalue weighted by Gasteiger charge is -2.12. The number of hydrogen-bond acceptors (Lipinski definition) is 3. The van der Waals surface area contributed by atoms with Crippen LogP contribution in [0.3, 0.4) is 0 Å². The molecule has 0 unspecified atom stereocenters. The van der Waals surface area contributed by atoms with E-state index >= 15 is 0 Å². The molecule has 6 heteroatoms. The zero-order valence-electron chi connectivity index (χ0n) is 8.28. The molecule has 1 aromatic rings. The van der Waals surface area contributed by atoms with Gasteiger partial charge >= 0.3 is 0 Å². The van der Waals surface area contributed by atoms with Crippen molar-refractivity contribution in [3.05, 3.63) is 29.8 Å². The number of rotatable bonds is 2. The van der Waals surface area contributed by atoms with Crippen LogP contribution in [0.25, 0.3) is 0 Å². The Hall–Kier alpha value is -1.82. The zero-order chi connectivity index (χ0) is 11.7. The standard InChI is InChI=1S/C10H9F2N3O/c11-6-1-2-9(8(12)3-6)15-10(16)4-7(5-13)14-15/h1-3H,4-5,13H2. The average Bonchev–Trinajstić information content (AvgIpc) is 2.60. The molecule has 16 heavy (non-hydrogen) atoms. The summed E-state index contributed by atoms with van der Waals surface area (Å²) in [5.74, 6) is -1.89. The van der Waals surface area contributed by atoms with Gasteiger partial charge in [-0.05, 0) is 12.1 Å². The number of benzene rings is 1. The summed E-state index contributed by atoms with van der Waals surface area (Å²) in [5, 5.41) is 4.77. The molecular formula is C10H9F2N3O. The van der Waals surface area contributed by atoms with Crippen LogP contribution >= 0.6 is 0 Å². The number of nitrogens with two attached hydrogens (primary N) is 1. The summed E-state index contributed by atoms with van der Waals surface area (Å²) in [6.45, 7) is 0.144. The summed E-state index contributed by atoms with van der Waals surface area (Å²) in [6.07, 6.45) is 0.0767. The molecule has 4 nitrogen and oxygen atoms in total. The fraction of sp³-hybridized carbons (Fsp3) is 0.200. The number of nitrogens with zero attached hydrogens (tertiary/aromatic N) is 2. The van der Waals surface area contributed by atoms with Gasteiger partial charge in [0.2, 0.25) is 0 Å². The van der Waals surface area contributed by atoms with Crippen LogP contribution in [0, 0.1) is 11.6 Å². The lowest BCUT2D eigenvalue weighted by atomic mass is 10.2. The molecule has 0 fully saturated rings. The highest BCUT2D eigenvalue weighted by Crippen LogP contribution is 2.24. The molecule has 84 valence electrons. The lowest BCUT2D eigenvalue weighted by molar-refractivity contribution is -0.116. The average molecular weight is 225 g/mol. The molecule has 1 amide bonds. The second-order valence-corrected chi connectivity index (χ2v) is 3.35. The molecule has 2 N–H and O–H groups in total. The normalized spacial score (nSPS) is 15.6. The smallest absolute Gasteiger partial charge is 0.253 e. The molecule has 0 saturated carbocycles. The molecule has 0 spiro atoms. The number of amides is 1. The van der Waals surface area contributed by atoms with E-state index in [0.29, 0.717) is 11.8 Å². The van der Waals surface area contributed by atoms with Gasteiger partial charge in [0.05, 0.1) is 12.1 Å². The number of hydrogen-bond donors (Lipinski definition) is 1. The van der Waals surface area contributed by atoms with Crippen molar-refractivity contribution in [1.29, 1.82) is 0 Å².